The molecule has 0 fully saturated rings. The average Bonchev–Trinajstić information content (AvgIpc) is 2.86. The van der Waals surface area contributed by atoms with Crippen LogP contribution >= 0.6 is 23.2 Å². The maximum atomic E-state index is 12.0. The Balaban J connectivity index is 1.74. The van der Waals surface area contributed by atoms with Crippen molar-refractivity contribution in [2.24, 2.45) is 10.2 Å². The Bertz CT molecular complexity index is 1270. The second kappa shape index (κ2) is 12.8. The minimum atomic E-state index is -0.627. The summed E-state index contributed by atoms with van der Waals surface area (Å²) in [5, 5.41) is 19.1. The first-order valence-electron chi connectivity index (χ1n) is 10.8. The Morgan fingerprint density at radius 3 is 2.33 bits per heavy atom. The predicted molar refractivity (Wildman–Crippen MR) is 137 cm³/mol. The summed E-state index contributed by atoms with van der Waals surface area (Å²) in [6.45, 7) is 2.06. The molecule has 3 aromatic carbocycles. The van der Waals surface area contributed by atoms with E-state index in [-0.39, 0.29) is 40.2 Å². The highest BCUT2D eigenvalue weighted by molar-refractivity contribution is 6.36. The molecule has 0 radical (unpaired) electrons. The number of hydrogen-bond donors (Lipinski definition) is 0. The summed E-state index contributed by atoms with van der Waals surface area (Å²) in [4.78, 5) is 35.5. The van der Waals surface area contributed by atoms with Crippen LogP contribution < -0.4 is 4.90 Å². The molecule has 3 aromatic rings. The van der Waals surface area contributed by atoms with E-state index in [0.717, 1.165) is 17.3 Å². The summed E-state index contributed by atoms with van der Waals surface area (Å²) in [6, 6.07) is 19.4. The fourth-order valence-corrected chi connectivity index (χ4v) is 3.59. The zero-order valence-corrected chi connectivity index (χ0v) is 20.8. The van der Waals surface area contributed by atoms with Crippen LogP contribution in [-0.4, -0.2) is 29.8 Å². The molecule has 186 valence electrons. The standard InChI is InChI=1S/C25H22Cl2N4O5/c1-17(32)16-36-25(33)11-12-30(15-18-5-3-2-4-6-18)20-9-7-19(8-10-20)28-29-23-13-22(27)24(31(34)35)14-21(23)26/h2-10,13-14H,11-12,15-16H2,1H3. The van der Waals surface area contributed by atoms with Gasteiger partial charge in [-0.05, 0) is 42.8 Å². The summed E-state index contributed by atoms with van der Waals surface area (Å²) in [7, 11) is 0. The first kappa shape index (κ1) is 26.8. The van der Waals surface area contributed by atoms with E-state index < -0.39 is 10.9 Å². The number of esters is 1. The van der Waals surface area contributed by atoms with E-state index in [1.54, 1.807) is 12.1 Å². The van der Waals surface area contributed by atoms with E-state index in [9.17, 15) is 19.7 Å². The van der Waals surface area contributed by atoms with Crippen molar-refractivity contribution in [1.82, 2.24) is 0 Å². The van der Waals surface area contributed by atoms with Crippen molar-refractivity contribution < 1.29 is 19.2 Å². The molecule has 0 unspecified atom stereocenters. The summed E-state index contributed by atoms with van der Waals surface area (Å²) >= 11 is 12.0. The topological polar surface area (TPSA) is 114 Å². The number of rotatable bonds is 11. The third-order valence-corrected chi connectivity index (χ3v) is 5.55. The molecule has 0 amide bonds. The maximum absolute atomic E-state index is 12.0. The van der Waals surface area contributed by atoms with Crippen molar-refractivity contribution in [1.29, 1.82) is 0 Å². The van der Waals surface area contributed by atoms with Gasteiger partial charge in [-0.3, -0.25) is 19.7 Å². The van der Waals surface area contributed by atoms with Crippen LogP contribution in [0.2, 0.25) is 10.0 Å². The molecule has 0 heterocycles. The van der Waals surface area contributed by atoms with Crippen LogP contribution in [0.5, 0.6) is 0 Å². The average molecular weight is 529 g/mol. The summed E-state index contributed by atoms with van der Waals surface area (Å²) in [5.41, 5.74) is 2.31. The lowest BCUT2D eigenvalue weighted by Crippen LogP contribution is -2.26. The molecule has 0 aliphatic carbocycles. The van der Waals surface area contributed by atoms with Gasteiger partial charge in [0.15, 0.2) is 5.78 Å². The maximum Gasteiger partial charge on any atom is 0.308 e. The van der Waals surface area contributed by atoms with Crippen LogP contribution in [-0.2, 0) is 20.9 Å². The quantitative estimate of drug-likeness (QED) is 0.116. The highest BCUT2D eigenvalue weighted by Gasteiger charge is 2.16. The Labute approximate surface area is 217 Å². The van der Waals surface area contributed by atoms with Crippen LogP contribution in [0.1, 0.15) is 18.9 Å². The van der Waals surface area contributed by atoms with Crippen LogP contribution in [0, 0.1) is 10.1 Å². The SMILES string of the molecule is CC(=O)COC(=O)CCN(Cc1ccccc1)c1ccc(N=Nc2cc(Cl)c([N+](=O)[O-])cc2Cl)cc1. The van der Waals surface area contributed by atoms with E-state index in [2.05, 4.69) is 10.2 Å². The van der Waals surface area contributed by atoms with E-state index in [4.69, 9.17) is 27.9 Å². The van der Waals surface area contributed by atoms with Crippen molar-refractivity contribution >= 4 is 57.7 Å². The lowest BCUT2D eigenvalue weighted by atomic mass is 10.2. The molecule has 3 rings (SSSR count). The van der Waals surface area contributed by atoms with Crippen LogP contribution in [0.4, 0.5) is 22.7 Å². The van der Waals surface area contributed by atoms with E-state index in [0.29, 0.717) is 18.8 Å². The van der Waals surface area contributed by atoms with Gasteiger partial charge >= 0.3 is 5.97 Å². The number of Topliss-reactive ketones (excluding diaryl/α,β-unsaturated/α-hetero) is 1. The first-order valence-corrected chi connectivity index (χ1v) is 11.6. The molecule has 0 aliphatic heterocycles. The van der Waals surface area contributed by atoms with Crippen molar-refractivity contribution in [2.75, 3.05) is 18.1 Å². The van der Waals surface area contributed by atoms with Crippen LogP contribution in [0.15, 0.2) is 77.0 Å². The van der Waals surface area contributed by atoms with E-state index >= 15 is 0 Å². The highest BCUT2D eigenvalue weighted by atomic mass is 35.5. The van der Waals surface area contributed by atoms with Gasteiger partial charge in [0.05, 0.1) is 22.1 Å². The lowest BCUT2D eigenvalue weighted by Gasteiger charge is -2.25. The number of ether oxygens (including phenoxy) is 1. The largest absolute Gasteiger partial charge is 0.458 e. The number of azo groups is 1. The number of carbonyl (C=O) groups is 2. The monoisotopic (exact) mass is 528 g/mol. The molecule has 9 nitrogen and oxygen atoms in total. The van der Waals surface area contributed by atoms with Gasteiger partial charge in [-0.15, -0.1) is 5.11 Å². The zero-order chi connectivity index (χ0) is 26.1. The fraction of sp³-hybridized carbons (Fsp3) is 0.200. The fourth-order valence-electron chi connectivity index (χ4n) is 3.17. The minimum absolute atomic E-state index is 0.0529. The Morgan fingerprint density at radius 2 is 1.69 bits per heavy atom. The summed E-state index contributed by atoms with van der Waals surface area (Å²) in [6.07, 6.45) is 0.112. The normalized spacial score (nSPS) is 10.9. The van der Waals surface area contributed by atoms with Crippen molar-refractivity contribution in [2.45, 2.75) is 19.9 Å². The molecule has 0 bridgehead atoms. The van der Waals surface area contributed by atoms with Gasteiger partial charge in [0, 0.05) is 24.8 Å². The number of nitrogens with zero attached hydrogens (tertiary/aromatic N) is 4. The van der Waals surface area contributed by atoms with Crippen LogP contribution in [0.3, 0.4) is 0 Å². The van der Waals surface area contributed by atoms with Gasteiger partial charge in [-0.1, -0.05) is 53.5 Å². The molecule has 11 heteroatoms. The van der Waals surface area contributed by atoms with Crippen molar-refractivity contribution in [3.63, 3.8) is 0 Å². The highest BCUT2D eigenvalue weighted by Crippen LogP contribution is 2.36. The third-order valence-electron chi connectivity index (χ3n) is 4.94. The number of nitro benzene ring substituents is 1. The summed E-state index contributed by atoms with van der Waals surface area (Å²) < 4.78 is 4.97. The lowest BCUT2D eigenvalue weighted by molar-refractivity contribution is -0.384. The number of anilines is 1. The second-order valence-corrected chi connectivity index (χ2v) is 8.56. The summed E-state index contributed by atoms with van der Waals surface area (Å²) in [5.74, 6) is -0.668. The smallest absolute Gasteiger partial charge is 0.308 e. The van der Waals surface area contributed by atoms with E-state index in [1.165, 1.54) is 13.0 Å². The van der Waals surface area contributed by atoms with Gasteiger partial charge in [-0.2, -0.15) is 5.11 Å². The Morgan fingerprint density at radius 1 is 1.00 bits per heavy atom. The number of nitro groups is 1. The molecule has 0 aromatic heterocycles. The van der Waals surface area contributed by atoms with Crippen molar-refractivity contribution in [3.8, 4) is 0 Å². The first-order chi connectivity index (χ1) is 17.2. The number of hydrogen-bond acceptors (Lipinski definition) is 8. The molecule has 0 saturated carbocycles. The van der Waals surface area contributed by atoms with Gasteiger partial charge in [0.25, 0.3) is 5.69 Å². The van der Waals surface area contributed by atoms with Gasteiger partial charge in [-0.25, -0.2) is 0 Å². The number of ketones is 1. The second-order valence-electron chi connectivity index (χ2n) is 7.75. The molecular formula is C25H22Cl2N4O5. The Hall–Kier alpha value is -3.82. The molecule has 0 atom stereocenters. The molecule has 0 N–H and O–H groups in total. The molecular weight excluding hydrogens is 507 g/mol. The van der Waals surface area contributed by atoms with Crippen LogP contribution in [0.25, 0.3) is 0 Å². The minimum Gasteiger partial charge on any atom is -0.458 e. The van der Waals surface area contributed by atoms with Gasteiger partial charge < -0.3 is 9.64 Å². The third kappa shape index (κ3) is 7.86. The molecule has 0 saturated heterocycles. The number of halogens is 2. The predicted octanol–water partition coefficient (Wildman–Crippen LogP) is 6.85. The van der Waals surface area contributed by atoms with Gasteiger partial charge in [0.1, 0.15) is 17.3 Å². The molecule has 36 heavy (non-hydrogen) atoms. The number of carbonyl (C=O) groups excluding carboxylic acids is 2. The molecule has 0 aliphatic rings. The van der Waals surface area contributed by atoms with Gasteiger partial charge in [0.2, 0.25) is 0 Å². The Kier molecular flexibility index (Phi) is 9.49. The number of benzene rings is 3. The zero-order valence-electron chi connectivity index (χ0n) is 19.3. The van der Waals surface area contributed by atoms with Crippen molar-refractivity contribution in [3.05, 3.63) is 92.5 Å². The van der Waals surface area contributed by atoms with E-state index in [1.807, 2.05) is 47.4 Å². The molecule has 0 spiro atoms.